The number of nitrogens with one attached hydrogen (secondary N) is 2. The summed E-state index contributed by atoms with van der Waals surface area (Å²) in [7, 11) is 0. The number of hydrogen-bond acceptors (Lipinski definition) is 6. The van der Waals surface area contributed by atoms with Crippen LogP contribution in [0.4, 0.5) is 29.9 Å². The van der Waals surface area contributed by atoms with Gasteiger partial charge in [0.25, 0.3) is 0 Å². The van der Waals surface area contributed by atoms with Gasteiger partial charge in [-0.15, -0.1) is 5.10 Å². The minimum absolute atomic E-state index is 0.00964. The van der Waals surface area contributed by atoms with Gasteiger partial charge in [-0.2, -0.15) is 0 Å². The molecule has 3 rings (SSSR count). The normalized spacial score (nSPS) is 11.3. The van der Waals surface area contributed by atoms with E-state index in [2.05, 4.69) is 15.7 Å². The Kier molecular flexibility index (Phi) is 5.95. The zero-order valence-electron chi connectivity index (χ0n) is 17.0. The monoisotopic (exact) mass is 433 g/mol. The highest BCUT2D eigenvalue weighted by Crippen LogP contribution is 2.24. The van der Waals surface area contributed by atoms with Crippen LogP contribution in [-0.4, -0.2) is 27.7 Å². The van der Waals surface area contributed by atoms with Crippen LogP contribution in [0.3, 0.4) is 0 Å². The van der Waals surface area contributed by atoms with E-state index in [0.717, 1.165) is 23.0 Å². The van der Waals surface area contributed by atoms with Gasteiger partial charge < -0.3 is 21.1 Å². The third-order valence-electron chi connectivity index (χ3n) is 3.93. The van der Waals surface area contributed by atoms with E-state index < -0.39 is 29.4 Å². The topological polar surface area (TPSA) is 120 Å². The van der Waals surface area contributed by atoms with Crippen molar-refractivity contribution in [2.24, 2.45) is 0 Å². The number of carbonyl (C=O) groups excluding carboxylic acids is 2. The lowest BCUT2D eigenvalue weighted by atomic mass is 10.2. The molecule has 3 aromatic rings. The number of amides is 2. The maximum atomic E-state index is 13.6. The summed E-state index contributed by atoms with van der Waals surface area (Å²) in [5.74, 6) is -1.18. The second-order valence-corrected chi connectivity index (χ2v) is 7.59. The minimum atomic E-state index is -0.955. The van der Waals surface area contributed by atoms with E-state index in [0.29, 0.717) is 16.6 Å². The summed E-state index contributed by atoms with van der Waals surface area (Å²) in [5, 5.41) is 9.35. The van der Waals surface area contributed by atoms with E-state index in [4.69, 9.17) is 15.3 Å². The third-order valence-corrected chi connectivity index (χ3v) is 3.93. The van der Waals surface area contributed by atoms with Gasteiger partial charge in [0.05, 0.1) is 0 Å². The molecule has 31 heavy (non-hydrogen) atoms. The van der Waals surface area contributed by atoms with Gasteiger partial charge >= 0.3 is 12.2 Å². The maximum Gasteiger partial charge on any atom is 0.535 e. The zero-order chi connectivity index (χ0) is 22.8. The average Bonchev–Trinajstić information content (AvgIpc) is 2.96. The molecule has 2 aromatic carbocycles. The van der Waals surface area contributed by atoms with Crippen LogP contribution < -0.4 is 21.2 Å². The lowest BCUT2D eigenvalue weighted by Gasteiger charge is -2.18. The van der Waals surface area contributed by atoms with Gasteiger partial charge in [0, 0.05) is 23.2 Å². The van der Waals surface area contributed by atoms with Gasteiger partial charge in [-0.25, -0.2) is 18.4 Å². The molecule has 0 saturated heterocycles. The predicted molar refractivity (Wildman–Crippen MR) is 109 cm³/mol. The highest BCUT2D eigenvalue weighted by atomic mass is 19.1. The number of hydrogen-bond donors (Lipinski definition) is 3. The van der Waals surface area contributed by atoms with Crippen molar-refractivity contribution in [1.82, 2.24) is 15.3 Å². The highest BCUT2D eigenvalue weighted by Gasteiger charge is 2.20. The lowest BCUT2D eigenvalue weighted by Crippen LogP contribution is -2.30. The van der Waals surface area contributed by atoms with E-state index in [9.17, 15) is 18.4 Å². The van der Waals surface area contributed by atoms with Crippen molar-refractivity contribution in [1.29, 1.82) is 0 Å². The minimum Gasteiger partial charge on any atom is -0.427 e. The molecule has 0 aliphatic rings. The molecule has 1 heterocycles. The standard InChI is InChI=1S/C20H21F2N5O4/c1-20(2,3)30-19(29)31-27-16-7-5-13(9-14(16)17(23)26-27)25-18(28)24-10-11-8-12(21)4-6-15(11)22/h4-9H,10H2,1-3H3,(H2,23,26)(H2,24,25,28). The molecule has 0 fully saturated rings. The van der Waals surface area contributed by atoms with Gasteiger partial charge in [0.2, 0.25) is 0 Å². The molecule has 0 atom stereocenters. The fourth-order valence-electron chi connectivity index (χ4n) is 2.63. The summed E-state index contributed by atoms with van der Waals surface area (Å²) in [6.45, 7) is 4.86. The van der Waals surface area contributed by atoms with E-state index in [1.807, 2.05) is 0 Å². The molecule has 0 saturated carbocycles. The number of anilines is 2. The first-order chi connectivity index (χ1) is 14.5. The Morgan fingerprint density at radius 3 is 2.61 bits per heavy atom. The number of ether oxygens (including phenoxy) is 1. The first-order valence-corrected chi connectivity index (χ1v) is 9.20. The molecule has 0 aliphatic carbocycles. The number of nitrogens with zero attached hydrogens (tertiary/aromatic N) is 2. The fourth-order valence-corrected chi connectivity index (χ4v) is 2.63. The molecule has 0 bridgehead atoms. The first kappa shape index (κ1) is 21.8. The van der Waals surface area contributed by atoms with Crippen LogP contribution in [0.25, 0.3) is 10.9 Å². The summed E-state index contributed by atoms with van der Waals surface area (Å²) < 4.78 is 31.9. The van der Waals surface area contributed by atoms with Crippen LogP contribution in [0, 0.1) is 11.6 Å². The number of carbonyl (C=O) groups is 2. The molecule has 9 nitrogen and oxygen atoms in total. The molecule has 164 valence electrons. The number of urea groups is 1. The van der Waals surface area contributed by atoms with Crippen molar-refractivity contribution in [3.05, 3.63) is 53.6 Å². The Hall–Kier alpha value is -3.89. The molecule has 0 radical (unpaired) electrons. The second-order valence-electron chi connectivity index (χ2n) is 7.59. The van der Waals surface area contributed by atoms with Crippen molar-refractivity contribution >= 4 is 34.6 Å². The number of fused-ring (bicyclic) bond motifs is 1. The van der Waals surface area contributed by atoms with Crippen molar-refractivity contribution in [2.45, 2.75) is 32.9 Å². The van der Waals surface area contributed by atoms with Crippen LogP contribution in [-0.2, 0) is 11.3 Å². The summed E-state index contributed by atoms with van der Waals surface area (Å²) in [6.07, 6.45) is -0.955. The third kappa shape index (κ3) is 5.59. The van der Waals surface area contributed by atoms with Crippen LogP contribution in [0.2, 0.25) is 0 Å². The van der Waals surface area contributed by atoms with Gasteiger partial charge in [-0.1, -0.05) is 4.85 Å². The largest absolute Gasteiger partial charge is 0.535 e. The Balaban J connectivity index is 1.68. The maximum absolute atomic E-state index is 13.6. The highest BCUT2D eigenvalue weighted by molar-refractivity contribution is 5.96. The number of aromatic nitrogens is 2. The van der Waals surface area contributed by atoms with Crippen LogP contribution in [0.15, 0.2) is 36.4 Å². The molecule has 4 N–H and O–H groups in total. The SMILES string of the molecule is CC(C)(C)OC(=O)On1nc(N)c2cc(NC(=O)NCc3cc(F)ccc3F)ccc21. The van der Waals surface area contributed by atoms with Gasteiger partial charge in [-0.3, -0.25) is 4.84 Å². The molecule has 2 amide bonds. The van der Waals surface area contributed by atoms with Crippen LogP contribution in [0.1, 0.15) is 26.3 Å². The molecule has 11 heteroatoms. The Labute approximate surface area is 176 Å². The van der Waals surface area contributed by atoms with Crippen LogP contribution >= 0.6 is 0 Å². The fraction of sp³-hybridized carbons (Fsp3) is 0.250. The van der Waals surface area contributed by atoms with Crippen molar-refractivity contribution < 1.29 is 27.9 Å². The van der Waals surface area contributed by atoms with Gasteiger partial charge in [-0.05, 0) is 57.2 Å². The van der Waals surface area contributed by atoms with E-state index >= 15 is 0 Å². The predicted octanol–water partition coefficient (Wildman–Crippen LogP) is 3.58. The van der Waals surface area contributed by atoms with E-state index in [1.165, 1.54) is 18.2 Å². The summed E-state index contributed by atoms with van der Waals surface area (Å²) in [4.78, 5) is 30.0. The zero-order valence-corrected chi connectivity index (χ0v) is 17.0. The van der Waals surface area contributed by atoms with Gasteiger partial charge in [0.15, 0.2) is 5.82 Å². The quantitative estimate of drug-likeness (QED) is 0.541. The molecular formula is C20H21F2N5O4. The van der Waals surface area contributed by atoms with Crippen molar-refractivity contribution in [3.63, 3.8) is 0 Å². The number of benzene rings is 2. The Morgan fingerprint density at radius 1 is 1.16 bits per heavy atom. The van der Waals surface area contributed by atoms with Gasteiger partial charge in [0.1, 0.15) is 22.8 Å². The van der Waals surface area contributed by atoms with E-state index in [1.54, 1.807) is 20.8 Å². The molecule has 0 unspecified atom stereocenters. The summed E-state index contributed by atoms with van der Waals surface area (Å²) >= 11 is 0. The van der Waals surface area contributed by atoms with Crippen molar-refractivity contribution in [2.75, 3.05) is 11.1 Å². The molecular weight excluding hydrogens is 412 g/mol. The number of rotatable bonds is 4. The average molecular weight is 433 g/mol. The first-order valence-electron chi connectivity index (χ1n) is 9.20. The molecule has 0 aliphatic heterocycles. The summed E-state index contributed by atoms with van der Waals surface area (Å²) in [6, 6.07) is 6.92. The number of nitrogen functional groups attached to an aromatic ring is 1. The number of halogens is 2. The number of nitrogens with two attached hydrogens (primary N) is 1. The smallest absolute Gasteiger partial charge is 0.427 e. The Bertz CT molecular complexity index is 1140. The Morgan fingerprint density at radius 2 is 1.90 bits per heavy atom. The van der Waals surface area contributed by atoms with Crippen molar-refractivity contribution in [3.8, 4) is 0 Å². The van der Waals surface area contributed by atoms with E-state index in [-0.39, 0.29) is 17.9 Å². The molecule has 0 spiro atoms. The lowest BCUT2D eigenvalue weighted by molar-refractivity contribution is -0.0146. The molecule has 1 aromatic heterocycles. The second kappa shape index (κ2) is 8.46. The van der Waals surface area contributed by atoms with Crippen LogP contribution in [0.5, 0.6) is 0 Å². The summed E-state index contributed by atoms with van der Waals surface area (Å²) in [5.41, 5.74) is 5.87.